The molecule has 0 saturated heterocycles. The molecule has 0 aliphatic carbocycles. The second kappa shape index (κ2) is 12.2. The molecule has 0 N–H and O–H groups in total. The van der Waals surface area contributed by atoms with Gasteiger partial charge >= 0.3 is 0 Å². The van der Waals surface area contributed by atoms with Crippen LogP contribution in [0.25, 0.3) is 0 Å². The number of rotatable bonds is 10. The number of hydrogen-bond acceptors (Lipinski definition) is 5. The number of nitrogens with zero attached hydrogens (tertiary/aromatic N) is 1. The van der Waals surface area contributed by atoms with E-state index in [4.69, 9.17) is 0 Å². The molecule has 5 nitrogen and oxygen atoms in total. The Kier molecular flexibility index (Phi) is 8.32. The number of benzene rings is 4. The minimum Gasteiger partial charge on any atom is -0.338 e. The molecule has 186 valence electrons. The van der Waals surface area contributed by atoms with E-state index >= 15 is 0 Å². The highest BCUT2D eigenvalue weighted by Crippen LogP contribution is 2.22. The first-order valence-electron chi connectivity index (χ1n) is 12.0. The molecule has 0 atom stereocenters. The summed E-state index contributed by atoms with van der Waals surface area (Å²) >= 11 is 0. The smallest absolute Gasteiger partial charge is 0.209 e. The standard InChI is InChI=1S/C33H25NO4/c1-34(28(32(37)26-18-10-4-11-19-26)22-30(35)24-14-6-2-7-15-24)29(33(38)27-20-12-5-13-21-27)23-31(36)25-16-8-3-9-17-25/h2-23H,1H3/b28-22+,29-23+. The van der Waals surface area contributed by atoms with Gasteiger partial charge in [-0.3, -0.25) is 19.2 Å². The third-order valence-electron chi connectivity index (χ3n) is 5.91. The average Bonchev–Trinajstić information content (AvgIpc) is 2.99. The molecule has 4 aromatic rings. The summed E-state index contributed by atoms with van der Waals surface area (Å²) in [6.45, 7) is 0. The van der Waals surface area contributed by atoms with E-state index in [2.05, 4.69) is 0 Å². The molecule has 0 aromatic heterocycles. The predicted molar refractivity (Wildman–Crippen MR) is 147 cm³/mol. The maximum atomic E-state index is 13.7. The van der Waals surface area contributed by atoms with Gasteiger partial charge in [0.15, 0.2) is 11.6 Å². The van der Waals surface area contributed by atoms with Crippen molar-refractivity contribution in [2.45, 2.75) is 0 Å². The zero-order valence-corrected chi connectivity index (χ0v) is 20.8. The van der Waals surface area contributed by atoms with Gasteiger partial charge in [-0.05, 0) is 0 Å². The van der Waals surface area contributed by atoms with Crippen molar-refractivity contribution in [3.63, 3.8) is 0 Å². The average molecular weight is 500 g/mol. The largest absolute Gasteiger partial charge is 0.338 e. The number of likely N-dealkylation sites (N-methyl/N-ethyl adjacent to an activating group) is 1. The number of allylic oxidation sites excluding steroid dienone is 4. The van der Waals surface area contributed by atoms with Crippen LogP contribution in [0.4, 0.5) is 0 Å². The molecule has 0 saturated carbocycles. The Morgan fingerprint density at radius 2 is 0.711 bits per heavy atom. The van der Waals surface area contributed by atoms with Gasteiger partial charge in [0.2, 0.25) is 11.6 Å². The maximum absolute atomic E-state index is 13.7. The second-order valence-corrected chi connectivity index (χ2v) is 8.47. The van der Waals surface area contributed by atoms with Crippen LogP contribution in [-0.2, 0) is 0 Å². The molecule has 4 aromatic carbocycles. The van der Waals surface area contributed by atoms with Gasteiger partial charge in [0.1, 0.15) is 0 Å². The number of ketones is 4. The van der Waals surface area contributed by atoms with Crippen molar-refractivity contribution in [2.75, 3.05) is 7.05 Å². The van der Waals surface area contributed by atoms with Gasteiger partial charge in [-0.2, -0.15) is 0 Å². The first kappa shape index (κ1) is 25.9. The molecule has 0 amide bonds. The van der Waals surface area contributed by atoms with Crippen molar-refractivity contribution < 1.29 is 19.2 Å². The molecular weight excluding hydrogens is 474 g/mol. The third kappa shape index (κ3) is 6.15. The summed E-state index contributed by atoms with van der Waals surface area (Å²) in [5.74, 6) is -1.73. The molecule has 0 bridgehead atoms. The van der Waals surface area contributed by atoms with E-state index < -0.39 is 23.1 Å². The van der Waals surface area contributed by atoms with Crippen LogP contribution in [0, 0.1) is 0 Å². The van der Waals surface area contributed by atoms with Gasteiger partial charge in [-0.15, -0.1) is 0 Å². The third-order valence-corrected chi connectivity index (χ3v) is 5.91. The minimum atomic E-state index is -0.462. The lowest BCUT2D eigenvalue weighted by atomic mass is 10.0. The minimum absolute atomic E-state index is 0.0403. The molecule has 0 fully saturated rings. The molecular formula is C33H25NO4. The zero-order valence-electron chi connectivity index (χ0n) is 20.8. The Morgan fingerprint density at radius 3 is 1.00 bits per heavy atom. The Balaban J connectivity index is 1.85. The monoisotopic (exact) mass is 499 g/mol. The van der Waals surface area contributed by atoms with Gasteiger partial charge in [-0.25, -0.2) is 0 Å². The summed E-state index contributed by atoms with van der Waals surface area (Å²) in [5.41, 5.74) is 1.38. The van der Waals surface area contributed by atoms with E-state index in [9.17, 15) is 19.2 Å². The van der Waals surface area contributed by atoms with E-state index in [-0.39, 0.29) is 11.4 Å². The topological polar surface area (TPSA) is 71.5 Å². The first-order chi connectivity index (χ1) is 18.5. The summed E-state index contributed by atoms with van der Waals surface area (Å²) in [4.78, 5) is 55.0. The van der Waals surface area contributed by atoms with Gasteiger partial charge in [0.25, 0.3) is 0 Å². The van der Waals surface area contributed by atoms with Gasteiger partial charge in [-0.1, -0.05) is 121 Å². The molecule has 0 heterocycles. The molecule has 0 unspecified atom stereocenters. The number of Topliss-reactive ketones (excluding diaryl/α,β-unsaturated/α-hetero) is 2. The van der Waals surface area contributed by atoms with Crippen LogP contribution in [0.3, 0.4) is 0 Å². The Hall–Kier alpha value is -5.16. The van der Waals surface area contributed by atoms with Crippen LogP contribution in [-0.4, -0.2) is 35.1 Å². The summed E-state index contributed by atoms with van der Waals surface area (Å²) in [6, 6.07) is 34.0. The zero-order chi connectivity index (χ0) is 26.9. The van der Waals surface area contributed by atoms with E-state index in [1.54, 1.807) is 121 Å². The van der Waals surface area contributed by atoms with Crippen LogP contribution in [0.2, 0.25) is 0 Å². The van der Waals surface area contributed by atoms with Crippen molar-refractivity contribution >= 4 is 23.1 Å². The molecule has 0 radical (unpaired) electrons. The predicted octanol–water partition coefficient (Wildman–Crippen LogP) is 6.22. The van der Waals surface area contributed by atoms with Crippen molar-refractivity contribution in [1.29, 1.82) is 0 Å². The van der Waals surface area contributed by atoms with Crippen LogP contribution in [0.15, 0.2) is 145 Å². The van der Waals surface area contributed by atoms with Crippen LogP contribution in [0.1, 0.15) is 41.4 Å². The lowest BCUT2D eigenvalue weighted by Gasteiger charge is -2.24. The lowest BCUT2D eigenvalue weighted by Crippen LogP contribution is -2.29. The SMILES string of the molecule is CN(/C(=C/C(=O)c1ccccc1)C(=O)c1ccccc1)/C(=C/C(=O)c1ccccc1)C(=O)c1ccccc1. The molecule has 0 aliphatic rings. The van der Waals surface area contributed by atoms with E-state index in [1.807, 2.05) is 0 Å². The fourth-order valence-electron chi connectivity index (χ4n) is 3.85. The number of carbonyl (C=O) groups is 4. The Labute approximate surface area is 221 Å². The molecule has 38 heavy (non-hydrogen) atoms. The van der Waals surface area contributed by atoms with Crippen molar-refractivity contribution in [3.8, 4) is 0 Å². The Morgan fingerprint density at radius 1 is 0.447 bits per heavy atom. The molecule has 0 spiro atoms. The number of hydrogen-bond donors (Lipinski definition) is 0. The molecule has 5 heteroatoms. The van der Waals surface area contributed by atoms with E-state index in [0.29, 0.717) is 22.3 Å². The van der Waals surface area contributed by atoms with Crippen molar-refractivity contribution in [1.82, 2.24) is 4.90 Å². The van der Waals surface area contributed by atoms with Crippen LogP contribution >= 0.6 is 0 Å². The van der Waals surface area contributed by atoms with Crippen LogP contribution < -0.4 is 0 Å². The normalized spacial score (nSPS) is 11.5. The molecule has 0 aliphatic heterocycles. The number of carbonyl (C=O) groups excluding carboxylic acids is 4. The highest BCUT2D eigenvalue weighted by molar-refractivity contribution is 6.18. The van der Waals surface area contributed by atoms with E-state index in [1.165, 1.54) is 24.1 Å². The van der Waals surface area contributed by atoms with Crippen LogP contribution in [0.5, 0.6) is 0 Å². The quantitative estimate of drug-likeness (QED) is 0.191. The maximum Gasteiger partial charge on any atom is 0.209 e. The highest BCUT2D eigenvalue weighted by Gasteiger charge is 2.26. The van der Waals surface area contributed by atoms with Gasteiger partial charge in [0.05, 0.1) is 11.4 Å². The van der Waals surface area contributed by atoms with E-state index in [0.717, 1.165) is 0 Å². The summed E-state index contributed by atoms with van der Waals surface area (Å²) in [7, 11) is 1.51. The fraction of sp³-hybridized carbons (Fsp3) is 0.0303. The summed E-state index contributed by atoms with van der Waals surface area (Å²) < 4.78 is 0. The fourth-order valence-corrected chi connectivity index (χ4v) is 3.85. The van der Waals surface area contributed by atoms with Crippen molar-refractivity contribution in [2.24, 2.45) is 0 Å². The van der Waals surface area contributed by atoms with Crippen molar-refractivity contribution in [3.05, 3.63) is 167 Å². The van der Waals surface area contributed by atoms with Gasteiger partial charge in [0, 0.05) is 41.5 Å². The second-order valence-electron chi connectivity index (χ2n) is 8.47. The lowest BCUT2D eigenvalue weighted by molar-refractivity contribution is 0.0955. The summed E-state index contributed by atoms with van der Waals surface area (Å²) in [6.07, 6.45) is 2.42. The van der Waals surface area contributed by atoms with Gasteiger partial charge < -0.3 is 4.90 Å². The molecule has 4 rings (SSSR count). The summed E-state index contributed by atoms with van der Waals surface area (Å²) in [5, 5.41) is 0. The highest BCUT2D eigenvalue weighted by atomic mass is 16.1. The first-order valence-corrected chi connectivity index (χ1v) is 12.0. The Bertz CT molecular complexity index is 1390.